The third-order valence-electron chi connectivity index (χ3n) is 5.71. The molecule has 31 heavy (non-hydrogen) atoms. The maximum Gasteiger partial charge on any atom is 0.264 e. The van der Waals surface area contributed by atoms with Crippen molar-refractivity contribution < 1.29 is 18.0 Å². The van der Waals surface area contributed by atoms with Crippen LogP contribution in [-0.4, -0.2) is 44.8 Å². The van der Waals surface area contributed by atoms with Gasteiger partial charge in [0.15, 0.2) is 0 Å². The molecule has 2 amide bonds. The molecule has 2 aromatic rings. The number of rotatable bonds is 6. The lowest BCUT2D eigenvalue weighted by Gasteiger charge is -2.33. The molecule has 0 radical (unpaired) electrons. The van der Waals surface area contributed by atoms with E-state index in [9.17, 15) is 18.0 Å². The fourth-order valence-electron chi connectivity index (χ4n) is 3.57. The SMILES string of the molecule is Cc1ccc(N(CC(=O)N2CCC(C(N)=O)CC2)S(=O)(=O)c2ccc(Cl)cc2)cc1C. The van der Waals surface area contributed by atoms with E-state index in [2.05, 4.69) is 0 Å². The molecule has 0 unspecified atom stereocenters. The summed E-state index contributed by atoms with van der Waals surface area (Å²) in [6.07, 6.45) is 0.962. The van der Waals surface area contributed by atoms with E-state index in [0.717, 1.165) is 15.4 Å². The number of hydrogen-bond acceptors (Lipinski definition) is 4. The molecule has 9 heteroatoms. The van der Waals surface area contributed by atoms with Crippen LogP contribution in [-0.2, 0) is 19.6 Å². The van der Waals surface area contributed by atoms with E-state index < -0.39 is 10.0 Å². The van der Waals surface area contributed by atoms with Gasteiger partial charge in [-0.1, -0.05) is 17.7 Å². The lowest BCUT2D eigenvalue weighted by atomic mass is 9.96. The number of piperidine rings is 1. The molecule has 0 bridgehead atoms. The molecule has 0 saturated carbocycles. The van der Waals surface area contributed by atoms with E-state index in [0.29, 0.717) is 36.6 Å². The quantitative estimate of drug-likeness (QED) is 0.711. The first-order chi connectivity index (χ1) is 14.6. The van der Waals surface area contributed by atoms with Crippen molar-refractivity contribution in [1.29, 1.82) is 0 Å². The van der Waals surface area contributed by atoms with Gasteiger partial charge in [0.05, 0.1) is 10.6 Å². The number of likely N-dealkylation sites (tertiary alicyclic amines) is 1. The Morgan fingerprint density at radius 1 is 1.06 bits per heavy atom. The van der Waals surface area contributed by atoms with Crippen LogP contribution >= 0.6 is 11.6 Å². The van der Waals surface area contributed by atoms with Gasteiger partial charge < -0.3 is 10.6 Å². The molecular weight excluding hydrogens is 438 g/mol. The third kappa shape index (κ3) is 5.19. The van der Waals surface area contributed by atoms with Gasteiger partial charge in [-0.05, 0) is 74.2 Å². The van der Waals surface area contributed by atoms with Gasteiger partial charge in [-0.25, -0.2) is 8.42 Å². The Hall–Kier alpha value is -2.58. The molecule has 0 atom stereocenters. The van der Waals surface area contributed by atoms with E-state index in [1.807, 2.05) is 19.9 Å². The highest BCUT2D eigenvalue weighted by atomic mass is 35.5. The van der Waals surface area contributed by atoms with Crippen LogP contribution in [0.25, 0.3) is 0 Å². The number of anilines is 1. The van der Waals surface area contributed by atoms with Crippen molar-refractivity contribution in [3.05, 3.63) is 58.6 Å². The van der Waals surface area contributed by atoms with Crippen LogP contribution in [0.2, 0.25) is 5.02 Å². The van der Waals surface area contributed by atoms with E-state index >= 15 is 0 Å². The summed E-state index contributed by atoms with van der Waals surface area (Å²) in [6, 6.07) is 11.1. The van der Waals surface area contributed by atoms with E-state index in [1.54, 1.807) is 17.0 Å². The molecule has 2 N–H and O–H groups in total. The monoisotopic (exact) mass is 463 g/mol. The Kier molecular flexibility index (Phi) is 6.91. The molecule has 3 rings (SSSR count). The lowest BCUT2D eigenvalue weighted by Crippen LogP contribution is -2.47. The summed E-state index contributed by atoms with van der Waals surface area (Å²) < 4.78 is 28.0. The largest absolute Gasteiger partial charge is 0.369 e. The average molecular weight is 464 g/mol. The van der Waals surface area contributed by atoms with Gasteiger partial charge in [0.1, 0.15) is 6.54 Å². The van der Waals surface area contributed by atoms with Crippen LogP contribution in [0, 0.1) is 19.8 Å². The highest BCUT2D eigenvalue weighted by molar-refractivity contribution is 7.92. The zero-order valence-corrected chi connectivity index (χ0v) is 19.1. The second-order valence-electron chi connectivity index (χ2n) is 7.79. The average Bonchev–Trinajstić information content (AvgIpc) is 2.74. The lowest BCUT2D eigenvalue weighted by molar-refractivity contribution is -0.133. The molecule has 0 aromatic heterocycles. The minimum absolute atomic E-state index is 0.0513. The second-order valence-corrected chi connectivity index (χ2v) is 10.1. The number of aryl methyl sites for hydroxylation is 2. The molecule has 1 aliphatic rings. The molecule has 0 aliphatic carbocycles. The molecule has 1 fully saturated rings. The van der Waals surface area contributed by atoms with Crippen LogP contribution in [0.5, 0.6) is 0 Å². The highest BCUT2D eigenvalue weighted by Gasteiger charge is 2.31. The van der Waals surface area contributed by atoms with Gasteiger partial charge >= 0.3 is 0 Å². The number of nitrogens with zero attached hydrogens (tertiary/aromatic N) is 2. The molecule has 1 heterocycles. The summed E-state index contributed by atoms with van der Waals surface area (Å²) in [5.74, 6) is -0.939. The van der Waals surface area contributed by atoms with Crippen molar-refractivity contribution in [3.63, 3.8) is 0 Å². The van der Waals surface area contributed by atoms with Crippen molar-refractivity contribution in [3.8, 4) is 0 Å². The van der Waals surface area contributed by atoms with Gasteiger partial charge in [-0.15, -0.1) is 0 Å². The van der Waals surface area contributed by atoms with Crippen molar-refractivity contribution in [1.82, 2.24) is 4.90 Å². The first-order valence-corrected chi connectivity index (χ1v) is 11.8. The Bertz CT molecular complexity index is 1080. The predicted octanol–water partition coefficient (Wildman–Crippen LogP) is 2.88. The van der Waals surface area contributed by atoms with Crippen LogP contribution < -0.4 is 10.0 Å². The third-order valence-corrected chi connectivity index (χ3v) is 7.75. The minimum Gasteiger partial charge on any atom is -0.369 e. The van der Waals surface area contributed by atoms with Crippen molar-refractivity contribution >= 4 is 39.1 Å². The molecule has 1 saturated heterocycles. The molecular formula is C22H26ClN3O4S. The Morgan fingerprint density at radius 3 is 2.23 bits per heavy atom. The van der Waals surface area contributed by atoms with Gasteiger partial charge in [-0.2, -0.15) is 0 Å². The number of carbonyl (C=O) groups excluding carboxylic acids is 2. The zero-order valence-electron chi connectivity index (χ0n) is 17.5. The normalized spacial score (nSPS) is 15.0. The first-order valence-electron chi connectivity index (χ1n) is 10.0. The van der Waals surface area contributed by atoms with E-state index in [-0.39, 0.29) is 29.2 Å². The van der Waals surface area contributed by atoms with Gasteiger partial charge in [-0.3, -0.25) is 13.9 Å². The summed E-state index contributed by atoms with van der Waals surface area (Å²) in [5, 5.41) is 0.421. The number of hydrogen-bond donors (Lipinski definition) is 1. The maximum absolute atomic E-state index is 13.5. The van der Waals surface area contributed by atoms with Crippen LogP contribution in [0.3, 0.4) is 0 Å². The molecule has 7 nitrogen and oxygen atoms in total. The van der Waals surface area contributed by atoms with Crippen LogP contribution in [0.1, 0.15) is 24.0 Å². The number of sulfonamides is 1. The first kappa shape index (κ1) is 23.1. The van der Waals surface area contributed by atoms with E-state index in [4.69, 9.17) is 17.3 Å². The Balaban J connectivity index is 1.91. The number of benzene rings is 2. The zero-order chi connectivity index (χ0) is 22.8. The van der Waals surface area contributed by atoms with Gasteiger partial charge in [0.2, 0.25) is 11.8 Å². The highest BCUT2D eigenvalue weighted by Crippen LogP contribution is 2.27. The summed E-state index contributed by atoms with van der Waals surface area (Å²) in [4.78, 5) is 26.1. The molecule has 1 aliphatic heterocycles. The number of carbonyl (C=O) groups is 2. The van der Waals surface area contributed by atoms with Crippen molar-refractivity contribution in [2.45, 2.75) is 31.6 Å². The molecule has 0 spiro atoms. The second kappa shape index (κ2) is 9.28. The molecule has 166 valence electrons. The van der Waals surface area contributed by atoms with Crippen LogP contribution in [0.15, 0.2) is 47.4 Å². The Labute approximate surface area is 187 Å². The number of primary amides is 1. The summed E-state index contributed by atoms with van der Waals surface area (Å²) in [5.41, 5.74) is 7.72. The smallest absolute Gasteiger partial charge is 0.264 e. The van der Waals surface area contributed by atoms with Crippen LogP contribution in [0.4, 0.5) is 5.69 Å². The number of amides is 2. The summed E-state index contributed by atoms with van der Waals surface area (Å²) >= 11 is 5.91. The predicted molar refractivity (Wildman–Crippen MR) is 120 cm³/mol. The number of nitrogens with two attached hydrogens (primary N) is 1. The summed E-state index contributed by atoms with van der Waals surface area (Å²) in [6.45, 7) is 4.23. The van der Waals surface area contributed by atoms with Crippen molar-refractivity contribution in [2.75, 3.05) is 23.9 Å². The molecule has 2 aromatic carbocycles. The maximum atomic E-state index is 13.5. The summed E-state index contributed by atoms with van der Waals surface area (Å²) in [7, 11) is -4.01. The van der Waals surface area contributed by atoms with Gasteiger partial charge in [0, 0.05) is 24.0 Å². The fraction of sp³-hybridized carbons (Fsp3) is 0.364. The topological polar surface area (TPSA) is 101 Å². The fourth-order valence-corrected chi connectivity index (χ4v) is 5.10. The van der Waals surface area contributed by atoms with E-state index in [1.165, 1.54) is 24.3 Å². The minimum atomic E-state index is -4.01. The standard InChI is InChI=1S/C22H26ClN3O4S/c1-15-3-6-19(13-16(15)2)26(31(29,30)20-7-4-18(23)5-8-20)14-21(27)25-11-9-17(10-12-25)22(24)28/h3-8,13,17H,9-12,14H2,1-2H3,(H2,24,28). The Morgan fingerprint density at radius 2 is 1.68 bits per heavy atom. The number of halogens is 1. The van der Waals surface area contributed by atoms with Gasteiger partial charge in [0.25, 0.3) is 10.0 Å². The van der Waals surface area contributed by atoms with Crippen molar-refractivity contribution in [2.24, 2.45) is 11.7 Å².